The van der Waals surface area contributed by atoms with Crippen molar-refractivity contribution in [2.45, 2.75) is 71.5 Å². The van der Waals surface area contributed by atoms with Crippen LogP contribution in [0.4, 0.5) is 0 Å². The van der Waals surface area contributed by atoms with Gasteiger partial charge in [0, 0.05) is 19.5 Å². The average Bonchev–Trinajstić information content (AvgIpc) is 3.32. The Balaban J connectivity index is 2.12. The van der Waals surface area contributed by atoms with Crippen LogP contribution in [0.15, 0.2) is 5.70 Å². The molecule has 0 bridgehead atoms. The van der Waals surface area contributed by atoms with Crippen molar-refractivity contribution in [1.82, 2.24) is 15.1 Å². The topological polar surface area (TPSA) is 113 Å². The first-order valence-electron chi connectivity index (χ1n) is 10.1. The minimum absolute atomic E-state index is 0.0227. The van der Waals surface area contributed by atoms with Crippen LogP contribution in [-0.4, -0.2) is 64.7 Å². The zero-order chi connectivity index (χ0) is 21.0. The third-order valence-corrected chi connectivity index (χ3v) is 5.58. The number of carbonyl (C=O) groups excluding carboxylic acids is 4. The Kier molecular flexibility index (Phi) is 7.38. The number of nitrogens with zero attached hydrogens (tertiary/aromatic N) is 2. The molecule has 0 aromatic carbocycles. The van der Waals surface area contributed by atoms with E-state index in [1.54, 1.807) is 0 Å². The van der Waals surface area contributed by atoms with Crippen LogP contribution in [0.3, 0.4) is 0 Å². The van der Waals surface area contributed by atoms with Gasteiger partial charge in [-0.25, -0.2) is 4.79 Å². The lowest BCUT2D eigenvalue weighted by molar-refractivity contribution is -0.142. The first-order valence-corrected chi connectivity index (χ1v) is 10.1. The van der Waals surface area contributed by atoms with Crippen molar-refractivity contribution in [2.75, 3.05) is 13.1 Å². The molecule has 3 amide bonds. The van der Waals surface area contributed by atoms with Gasteiger partial charge in [-0.1, -0.05) is 27.7 Å². The summed E-state index contributed by atoms with van der Waals surface area (Å²) in [5.41, 5.74) is 6.33. The molecule has 0 radical (unpaired) electrons. The average molecular weight is 393 g/mol. The Morgan fingerprint density at radius 2 is 1.75 bits per heavy atom. The van der Waals surface area contributed by atoms with E-state index in [0.29, 0.717) is 38.0 Å². The molecule has 2 saturated heterocycles. The van der Waals surface area contributed by atoms with E-state index in [-0.39, 0.29) is 29.6 Å². The summed E-state index contributed by atoms with van der Waals surface area (Å²) in [7, 11) is 0. The van der Waals surface area contributed by atoms with Gasteiger partial charge in [-0.2, -0.15) is 0 Å². The molecule has 0 aromatic rings. The van der Waals surface area contributed by atoms with E-state index in [9.17, 15) is 19.2 Å². The highest BCUT2D eigenvalue weighted by Gasteiger charge is 2.39. The SMILES string of the molecule is CC(C)[C@H](N)C(=O)N1CCC[C@H]1C(=O)N[C@H](C(=O)N1CCCC1=C=O)C(C)C. The molecule has 28 heavy (non-hydrogen) atoms. The van der Waals surface area contributed by atoms with E-state index < -0.39 is 18.1 Å². The van der Waals surface area contributed by atoms with Crippen molar-refractivity contribution in [2.24, 2.45) is 17.6 Å². The number of amides is 3. The summed E-state index contributed by atoms with van der Waals surface area (Å²) in [5, 5.41) is 2.82. The Bertz CT molecular complexity index is 669. The molecule has 8 nitrogen and oxygen atoms in total. The van der Waals surface area contributed by atoms with Gasteiger partial charge in [-0.15, -0.1) is 0 Å². The molecule has 0 aromatic heterocycles. The van der Waals surface area contributed by atoms with Crippen molar-refractivity contribution >= 4 is 23.7 Å². The smallest absolute Gasteiger partial charge is 0.250 e. The number of hydrogen-bond acceptors (Lipinski definition) is 5. The van der Waals surface area contributed by atoms with Crippen LogP contribution >= 0.6 is 0 Å². The van der Waals surface area contributed by atoms with E-state index >= 15 is 0 Å². The maximum atomic E-state index is 12.9. The van der Waals surface area contributed by atoms with Crippen LogP contribution in [0.25, 0.3) is 0 Å². The maximum Gasteiger partial charge on any atom is 0.250 e. The number of likely N-dealkylation sites (tertiary alicyclic amines) is 2. The van der Waals surface area contributed by atoms with Gasteiger partial charge in [-0.05, 0) is 31.1 Å². The molecular weight excluding hydrogens is 360 g/mol. The van der Waals surface area contributed by atoms with E-state index in [0.717, 1.165) is 6.42 Å². The molecule has 0 saturated carbocycles. The Hall–Kier alpha value is -2.18. The highest BCUT2D eigenvalue weighted by Crippen LogP contribution is 2.23. The third-order valence-electron chi connectivity index (χ3n) is 5.58. The Labute approximate surface area is 166 Å². The Morgan fingerprint density at radius 3 is 2.32 bits per heavy atom. The van der Waals surface area contributed by atoms with Crippen LogP contribution < -0.4 is 11.1 Å². The molecule has 0 unspecified atom stereocenters. The van der Waals surface area contributed by atoms with Crippen LogP contribution in [0.5, 0.6) is 0 Å². The Morgan fingerprint density at radius 1 is 1.07 bits per heavy atom. The van der Waals surface area contributed by atoms with Crippen molar-refractivity contribution in [3.63, 3.8) is 0 Å². The number of allylic oxidation sites excluding steroid dienone is 1. The minimum Gasteiger partial charge on any atom is -0.342 e. The summed E-state index contributed by atoms with van der Waals surface area (Å²) in [4.78, 5) is 52.6. The second-order valence-corrected chi connectivity index (χ2v) is 8.33. The molecule has 2 rings (SSSR count). The molecule has 3 N–H and O–H groups in total. The molecular formula is C20H32N4O4. The lowest BCUT2D eigenvalue weighted by Crippen LogP contribution is -2.57. The second-order valence-electron chi connectivity index (χ2n) is 8.33. The van der Waals surface area contributed by atoms with Crippen LogP contribution in [0.2, 0.25) is 0 Å². The summed E-state index contributed by atoms with van der Waals surface area (Å²) in [6.45, 7) is 8.37. The van der Waals surface area contributed by atoms with Crippen molar-refractivity contribution in [3.8, 4) is 0 Å². The molecule has 2 aliphatic rings. The van der Waals surface area contributed by atoms with Gasteiger partial charge >= 0.3 is 0 Å². The van der Waals surface area contributed by atoms with Crippen molar-refractivity contribution < 1.29 is 19.2 Å². The van der Waals surface area contributed by atoms with E-state index in [4.69, 9.17) is 5.73 Å². The monoisotopic (exact) mass is 392 g/mol. The highest BCUT2D eigenvalue weighted by molar-refractivity contribution is 5.94. The quantitative estimate of drug-likeness (QED) is 0.637. The van der Waals surface area contributed by atoms with Gasteiger partial charge in [0.05, 0.1) is 6.04 Å². The first kappa shape index (κ1) is 22.1. The zero-order valence-electron chi connectivity index (χ0n) is 17.2. The molecule has 8 heteroatoms. The molecule has 0 aliphatic carbocycles. The molecule has 0 spiro atoms. The van der Waals surface area contributed by atoms with E-state index in [1.807, 2.05) is 33.6 Å². The summed E-state index contributed by atoms with van der Waals surface area (Å²) in [6, 6.07) is -2.03. The van der Waals surface area contributed by atoms with Gasteiger partial charge in [-0.3, -0.25) is 14.4 Å². The van der Waals surface area contributed by atoms with Gasteiger partial charge in [0.15, 0.2) is 0 Å². The third kappa shape index (κ3) is 4.62. The zero-order valence-corrected chi connectivity index (χ0v) is 17.2. The lowest BCUT2D eigenvalue weighted by atomic mass is 10.0. The predicted octanol–water partition coefficient (Wildman–Crippen LogP) is 0.439. The summed E-state index contributed by atoms with van der Waals surface area (Å²) in [6.07, 6.45) is 2.50. The van der Waals surface area contributed by atoms with Crippen molar-refractivity contribution in [1.29, 1.82) is 0 Å². The van der Waals surface area contributed by atoms with Crippen LogP contribution in [0.1, 0.15) is 53.4 Å². The standard InChI is InChI=1S/C20H32N4O4/c1-12(2)16(21)19(27)24-10-6-8-15(24)18(26)22-17(13(3)4)20(28)23-9-5-7-14(23)11-25/h12-13,15-17H,5-10,21H2,1-4H3,(H,22,26)/t15-,16-,17-/m0/s1. The second kappa shape index (κ2) is 9.34. The van der Waals surface area contributed by atoms with Gasteiger partial charge in [0.2, 0.25) is 17.7 Å². The van der Waals surface area contributed by atoms with Gasteiger partial charge < -0.3 is 20.9 Å². The summed E-state index contributed by atoms with van der Waals surface area (Å²) >= 11 is 0. The molecule has 2 fully saturated rings. The number of rotatable bonds is 6. The number of nitrogens with two attached hydrogens (primary N) is 1. The first-order chi connectivity index (χ1) is 13.2. The normalized spacial score (nSPS) is 21.8. The van der Waals surface area contributed by atoms with E-state index in [2.05, 4.69) is 5.32 Å². The fraction of sp³-hybridized carbons (Fsp3) is 0.750. The highest BCUT2D eigenvalue weighted by atomic mass is 16.2. The largest absolute Gasteiger partial charge is 0.342 e. The van der Waals surface area contributed by atoms with Crippen molar-refractivity contribution in [3.05, 3.63) is 5.70 Å². The number of nitrogens with one attached hydrogen (secondary N) is 1. The number of carbonyl (C=O) groups is 3. The predicted molar refractivity (Wildman–Crippen MR) is 104 cm³/mol. The van der Waals surface area contributed by atoms with Crippen LogP contribution in [-0.2, 0) is 19.2 Å². The van der Waals surface area contributed by atoms with Gasteiger partial charge in [0.25, 0.3) is 0 Å². The maximum absolute atomic E-state index is 12.9. The van der Waals surface area contributed by atoms with Crippen LogP contribution in [0, 0.1) is 11.8 Å². The van der Waals surface area contributed by atoms with Gasteiger partial charge in [0.1, 0.15) is 23.7 Å². The molecule has 2 heterocycles. The number of hydrogen-bond donors (Lipinski definition) is 2. The minimum atomic E-state index is -0.759. The fourth-order valence-corrected chi connectivity index (χ4v) is 3.73. The summed E-state index contributed by atoms with van der Waals surface area (Å²) < 4.78 is 0. The van der Waals surface area contributed by atoms with E-state index in [1.165, 1.54) is 9.80 Å². The molecule has 3 atom stereocenters. The molecule has 156 valence electrons. The fourth-order valence-electron chi connectivity index (χ4n) is 3.73. The molecule has 2 aliphatic heterocycles. The summed E-state index contributed by atoms with van der Waals surface area (Å²) in [5.74, 6) is 0.782. The lowest BCUT2D eigenvalue weighted by Gasteiger charge is -2.31.